The van der Waals surface area contributed by atoms with Crippen LogP contribution in [0.4, 0.5) is 10.5 Å². The van der Waals surface area contributed by atoms with Crippen LogP contribution in [0.15, 0.2) is 54.6 Å². The molecular weight excluding hydrogens is 252 g/mol. The highest BCUT2D eigenvalue weighted by Gasteiger charge is 2.26. The monoisotopic (exact) mass is 267 g/mol. The summed E-state index contributed by atoms with van der Waals surface area (Å²) in [7, 11) is 0. The van der Waals surface area contributed by atoms with E-state index in [4.69, 9.17) is 5.73 Å². The zero-order valence-electron chi connectivity index (χ0n) is 11.1. The lowest BCUT2D eigenvalue weighted by atomic mass is 10.0. The molecule has 20 heavy (non-hydrogen) atoms. The summed E-state index contributed by atoms with van der Waals surface area (Å²) in [5.41, 5.74) is 7.60. The van der Waals surface area contributed by atoms with Gasteiger partial charge in [-0.25, -0.2) is 4.79 Å². The molecule has 0 fully saturated rings. The quantitative estimate of drug-likeness (QED) is 0.925. The number of nitrogens with zero attached hydrogens (tertiary/aromatic N) is 1. The van der Waals surface area contributed by atoms with Gasteiger partial charge in [0.05, 0.1) is 0 Å². The second kappa shape index (κ2) is 6.02. The summed E-state index contributed by atoms with van der Waals surface area (Å²) >= 11 is 0. The maximum absolute atomic E-state index is 11.8. The first-order valence-corrected chi connectivity index (χ1v) is 6.22. The van der Waals surface area contributed by atoms with Gasteiger partial charge in [0.25, 0.3) is 0 Å². The molecule has 0 saturated carbocycles. The van der Waals surface area contributed by atoms with Gasteiger partial charge >= 0.3 is 6.03 Å². The van der Waals surface area contributed by atoms with E-state index in [9.17, 15) is 9.59 Å². The molecule has 0 spiro atoms. The Labute approximate surface area is 117 Å². The van der Waals surface area contributed by atoms with Crippen molar-refractivity contribution in [2.45, 2.75) is 13.0 Å². The molecule has 0 aliphatic rings. The van der Waals surface area contributed by atoms with Crippen LogP contribution in [0, 0.1) is 6.92 Å². The van der Waals surface area contributed by atoms with Crippen molar-refractivity contribution in [1.29, 1.82) is 0 Å². The van der Waals surface area contributed by atoms with Crippen LogP contribution in [0.2, 0.25) is 0 Å². The number of amides is 2. The predicted molar refractivity (Wildman–Crippen MR) is 78.1 cm³/mol. The molecule has 1 unspecified atom stereocenters. The third kappa shape index (κ3) is 2.69. The van der Waals surface area contributed by atoms with Crippen molar-refractivity contribution >= 4 is 18.0 Å². The van der Waals surface area contributed by atoms with E-state index in [1.54, 1.807) is 36.4 Å². The predicted octanol–water partition coefficient (Wildman–Crippen LogP) is 2.73. The van der Waals surface area contributed by atoms with E-state index in [2.05, 4.69) is 0 Å². The summed E-state index contributed by atoms with van der Waals surface area (Å²) in [4.78, 5) is 24.4. The highest BCUT2D eigenvalue weighted by Crippen LogP contribution is 2.28. The normalized spacial score (nSPS) is 11.7. The third-order valence-electron chi connectivity index (χ3n) is 3.10. The Balaban J connectivity index is 2.50. The lowest BCUT2D eigenvalue weighted by molar-refractivity contribution is 0.253. The number of nitrogens with two attached hydrogens (primary N) is 1. The Bertz CT molecular complexity index is 611. The summed E-state index contributed by atoms with van der Waals surface area (Å²) in [6, 6.07) is 14.7. The lowest BCUT2D eigenvalue weighted by Crippen LogP contribution is -2.40. The molecule has 0 heterocycles. The Morgan fingerprint density at radius 1 is 1.10 bits per heavy atom. The number of rotatable bonds is 4. The van der Waals surface area contributed by atoms with Gasteiger partial charge < -0.3 is 5.73 Å². The van der Waals surface area contributed by atoms with Gasteiger partial charge in [-0.05, 0) is 24.1 Å². The molecule has 1 radical (unpaired) electrons. The Kier molecular flexibility index (Phi) is 4.15. The SMILES string of the molecule is Cc1ccccc1N(C(N)=O)C([C]=O)c1ccccc1. The van der Waals surface area contributed by atoms with E-state index in [-0.39, 0.29) is 0 Å². The topological polar surface area (TPSA) is 63.4 Å². The summed E-state index contributed by atoms with van der Waals surface area (Å²) in [6.07, 6.45) is 1.90. The van der Waals surface area contributed by atoms with Crippen molar-refractivity contribution in [2.24, 2.45) is 5.73 Å². The van der Waals surface area contributed by atoms with Gasteiger partial charge in [0.1, 0.15) is 6.04 Å². The van der Waals surface area contributed by atoms with Crippen LogP contribution >= 0.6 is 0 Å². The lowest BCUT2D eigenvalue weighted by Gasteiger charge is -2.27. The average Bonchev–Trinajstić information content (AvgIpc) is 2.46. The molecule has 2 rings (SSSR count). The fourth-order valence-electron chi connectivity index (χ4n) is 2.12. The Morgan fingerprint density at radius 3 is 2.25 bits per heavy atom. The van der Waals surface area contributed by atoms with Crippen LogP contribution in [-0.2, 0) is 4.79 Å². The van der Waals surface area contributed by atoms with Gasteiger partial charge in [0.15, 0.2) is 0 Å². The summed E-state index contributed by atoms with van der Waals surface area (Å²) < 4.78 is 0. The van der Waals surface area contributed by atoms with Crippen molar-refractivity contribution < 1.29 is 9.59 Å². The molecule has 2 amide bonds. The minimum Gasteiger partial charge on any atom is -0.351 e. The second-order valence-electron chi connectivity index (χ2n) is 4.43. The minimum absolute atomic E-state index is 0.609. The number of hydrogen-bond donors (Lipinski definition) is 1. The Hall–Kier alpha value is -2.62. The van der Waals surface area contributed by atoms with Crippen molar-refractivity contribution in [3.05, 3.63) is 65.7 Å². The smallest absolute Gasteiger partial charge is 0.320 e. The summed E-state index contributed by atoms with van der Waals surface area (Å²) in [5, 5.41) is 0. The van der Waals surface area contributed by atoms with Gasteiger partial charge in [-0.2, -0.15) is 0 Å². The van der Waals surface area contributed by atoms with Crippen molar-refractivity contribution in [1.82, 2.24) is 0 Å². The molecule has 1 atom stereocenters. The molecule has 4 heteroatoms. The van der Waals surface area contributed by atoms with E-state index in [0.717, 1.165) is 5.56 Å². The molecule has 4 nitrogen and oxygen atoms in total. The first-order chi connectivity index (χ1) is 9.65. The number of urea groups is 1. The molecule has 101 valence electrons. The zero-order valence-corrected chi connectivity index (χ0v) is 11.1. The minimum atomic E-state index is -0.852. The second-order valence-corrected chi connectivity index (χ2v) is 4.43. The maximum atomic E-state index is 11.8. The number of hydrogen-bond acceptors (Lipinski definition) is 2. The average molecular weight is 267 g/mol. The number of carbonyl (C=O) groups excluding carboxylic acids is 2. The van der Waals surface area contributed by atoms with Crippen LogP contribution in [0.5, 0.6) is 0 Å². The van der Waals surface area contributed by atoms with E-state index < -0.39 is 12.1 Å². The molecule has 0 saturated heterocycles. The van der Waals surface area contributed by atoms with E-state index in [1.807, 2.05) is 31.4 Å². The van der Waals surface area contributed by atoms with Gasteiger partial charge in [-0.3, -0.25) is 9.69 Å². The molecule has 2 aromatic rings. The molecule has 0 aliphatic carbocycles. The highest BCUT2D eigenvalue weighted by atomic mass is 16.2. The first-order valence-electron chi connectivity index (χ1n) is 6.22. The van der Waals surface area contributed by atoms with Crippen LogP contribution in [-0.4, -0.2) is 12.3 Å². The van der Waals surface area contributed by atoms with E-state index >= 15 is 0 Å². The van der Waals surface area contributed by atoms with Gasteiger partial charge in [0, 0.05) is 5.69 Å². The maximum Gasteiger partial charge on any atom is 0.320 e. The van der Waals surface area contributed by atoms with Crippen LogP contribution in [0.3, 0.4) is 0 Å². The molecule has 0 aliphatic heterocycles. The number of para-hydroxylation sites is 1. The molecule has 0 aromatic heterocycles. The van der Waals surface area contributed by atoms with Crippen LogP contribution in [0.1, 0.15) is 17.2 Å². The van der Waals surface area contributed by atoms with Gasteiger partial charge in [-0.1, -0.05) is 48.5 Å². The van der Waals surface area contributed by atoms with E-state index in [0.29, 0.717) is 11.3 Å². The molecule has 0 bridgehead atoms. The number of benzene rings is 2. The first kappa shape index (κ1) is 13.8. The fraction of sp³-hybridized carbons (Fsp3) is 0.125. The van der Waals surface area contributed by atoms with E-state index in [1.165, 1.54) is 4.90 Å². The molecule has 2 aromatic carbocycles. The van der Waals surface area contributed by atoms with Gasteiger partial charge in [0.2, 0.25) is 6.29 Å². The van der Waals surface area contributed by atoms with Crippen LogP contribution in [0.25, 0.3) is 0 Å². The van der Waals surface area contributed by atoms with Crippen molar-refractivity contribution in [2.75, 3.05) is 4.90 Å². The fourth-order valence-corrected chi connectivity index (χ4v) is 2.12. The third-order valence-corrected chi connectivity index (χ3v) is 3.10. The zero-order chi connectivity index (χ0) is 14.5. The summed E-state index contributed by atoms with van der Waals surface area (Å²) in [5.74, 6) is 0. The molecule has 2 N–H and O–H groups in total. The standard InChI is InChI=1S/C16H15N2O2/c1-12-7-5-6-10-14(12)18(16(17)20)15(11-19)13-8-3-2-4-9-13/h2-10,15H,1H3,(H2,17,20). The Morgan fingerprint density at radius 2 is 1.70 bits per heavy atom. The number of aryl methyl sites for hydroxylation is 1. The summed E-state index contributed by atoms with van der Waals surface area (Å²) in [6.45, 7) is 1.86. The number of carbonyl (C=O) groups is 1. The van der Waals surface area contributed by atoms with Crippen molar-refractivity contribution in [3.63, 3.8) is 0 Å². The van der Waals surface area contributed by atoms with Gasteiger partial charge in [-0.15, -0.1) is 0 Å². The van der Waals surface area contributed by atoms with Crippen molar-refractivity contribution in [3.8, 4) is 0 Å². The number of primary amides is 1. The number of anilines is 1. The largest absolute Gasteiger partial charge is 0.351 e. The highest BCUT2D eigenvalue weighted by molar-refractivity contribution is 5.96. The van der Waals surface area contributed by atoms with Crippen LogP contribution < -0.4 is 10.6 Å². The molecular formula is C16H15N2O2.